The molecule has 0 saturated heterocycles. The summed E-state index contributed by atoms with van der Waals surface area (Å²) >= 11 is 0. The van der Waals surface area contributed by atoms with E-state index in [4.69, 9.17) is 4.84 Å². The number of sulfone groups is 1. The lowest BCUT2D eigenvalue weighted by molar-refractivity contribution is -0.133. The molecule has 17 heavy (non-hydrogen) atoms. The van der Waals surface area contributed by atoms with Gasteiger partial charge in [0.05, 0.1) is 6.61 Å². The van der Waals surface area contributed by atoms with Crippen LogP contribution in [0.5, 0.6) is 0 Å². The van der Waals surface area contributed by atoms with Crippen LogP contribution in [0.15, 0.2) is 30.3 Å². The lowest BCUT2D eigenvalue weighted by atomic mass is 10.2. The van der Waals surface area contributed by atoms with Gasteiger partial charge in [-0.3, -0.25) is 9.63 Å². The van der Waals surface area contributed by atoms with Crippen molar-refractivity contribution in [2.75, 3.05) is 6.26 Å². The lowest BCUT2D eigenvalue weighted by Gasteiger charge is -2.10. The van der Waals surface area contributed by atoms with E-state index in [2.05, 4.69) is 5.48 Å². The first-order chi connectivity index (χ1) is 7.91. The molecule has 1 atom stereocenters. The van der Waals surface area contributed by atoms with Crippen LogP contribution >= 0.6 is 0 Å². The first-order valence-corrected chi connectivity index (χ1v) is 7.01. The molecule has 0 fully saturated rings. The summed E-state index contributed by atoms with van der Waals surface area (Å²) in [7, 11) is -3.39. The fraction of sp³-hybridized carbons (Fsp3) is 0.364. The number of hydrogen-bond acceptors (Lipinski definition) is 4. The van der Waals surface area contributed by atoms with Crippen molar-refractivity contribution in [1.29, 1.82) is 0 Å². The highest BCUT2D eigenvalue weighted by Gasteiger charge is 2.23. The molecule has 0 saturated carbocycles. The van der Waals surface area contributed by atoms with Crippen molar-refractivity contribution in [3.8, 4) is 0 Å². The smallest absolute Gasteiger partial charge is 0.261 e. The highest BCUT2D eigenvalue weighted by Crippen LogP contribution is 2.01. The quantitative estimate of drug-likeness (QED) is 0.787. The zero-order chi connectivity index (χ0) is 12.9. The number of rotatable bonds is 5. The molecule has 0 spiro atoms. The van der Waals surface area contributed by atoms with Crippen LogP contribution in [0.25, 0.3) is 0 Å². The molecule has 1 aromatic rings. The fourth-order valence-electron chi connectivity index (χ4n) is 1.04. The topological polar surface area (TPSA) is 72.5 Å². The Bertz CT molecular complexity index is 470. The molecule has 0 aliphatic rings. The van der Waals surface area contributed by atoms with Crippen molar-refractivity contribution < 1.29 is 18.0 Å². The van der Waals surface area contributed by atoms with Gasteiger partial charge in [-0.05, 0) is 12.5 Å². The van der Waals surface area contributed by atoms with Gasteiger partial charge in [-0.2, -0.15) is 0 Å². The molecule has 94 valence electrons. The van der Waals surface area contributed by atoms with E-state index in [1.807, 2.05) is 30.3 Å². The maximum atomic E-state index is 11.4. The van der Waals surface area contributed by atoms with Crippen molar-refractivity contribution in [2.24, 2.45) is 0 Å². The molecule has 6 heteroatoms. The van der Waals surface area contributed by atoms with Gasteiger partial charge in [-0.25, -0.2) is 13.9 Å². The van der Waals surface area contributed by atoms with Gasteiger partial charge < -0.3 is 0 Å². The van der Waals surface area contributed by atoms with Crippen LogP contribution in [-0.4, -0.2) is 25.8 Å². The number of amides is 1. The van der Waals surface area contributed by atoms with E-state index in [1.165, 1.54) is 6.92 Å². The summed E-state index contributed by atoms with van der Waals surface area (Å²) in [5, 5.41) is -1.11. The zero-order valence-corrected chi connectivity index (χ0v) is 10.5. The molecule has 0 heterocycles. The van der Waals surface area contributed by atoms with Crippen molar-refractivity contribution in [2.45, 2.75) is 18.8 Å². The predicted molar refractivity (Wildman–Crippen MR) is 63.7 cm³/mol. The Morgan fingerprint density at radius 3 is 2.47 bits per heavy atom. The molecular weight excluding hydrogens is 242 g/mol. The summed E-state index contributed by atoms with van der Waals surface area (Å²) in [4.78, 5) is 16.3. The van der Waals surface area contributed by atoms with Gasteiger partial charge in [0.1, 0.15) is 5.25 Å². The third-order valence-corrected chi connectivity index (χ3v) is 3.76. The van der Waals surface area contributed by atoms with Crippen molar-refractivity contribution in [1.82, 2.24) is 5.48 Å². The van der Waals surface area contributed by atoms with E-state index in [0.29, 0.717) is 0 Å². The summed E-state index contributed by atoms with van der Waals surface area (Å²) < 4.78 is 22.2. The Hall–Kier alpha value is -1.40. The van der Waals surface area contributed by atoms with Gasteiger partial charge in [-0.15, -0.1) is 0 Å². The number of carbonyl (C=O) groups excluding carboxylic acids is 1. The van der Waals surface area contributed by atoms with Crippen LogP contribution in [0.4, 0.5) is 0 Å². The Morgan fingerprint density at radius 1 is 1.35 bits per heavy atom. The van der Waals surface area contributed by atoms with Crippen LogP contribution in [0.2, 0.25) is 0 Å². The molecule has 5 nitrogen and oxygen atoms in total. The standard InChI is InChI=1S/C11H15NO4S/c1-9(17(2,14)15)11(13)12-16-8-10-6-4-3-5-7-10/h3-7,9H,8H2,1-2H3,(H,12,13)/t9-/m1/s1. The van der Waals surface area contributed by atoms with E-state index < -0.39 is 21.0 Å². The van der Waals surface area contributed by atoms with Gasteiger partial charge in [0.15, 0.2) is 9.84 Å². The Labute approximate surface area is 101 Å². The van der Waals surface area contributed by atoms with Crippen LogP contribution in [-0.2, 0) is 26.1 Å². The average molecular weight is 257 g/mol. The highest BCUT2D eigenvalue weighted by atomic mass is 32.2. The van der Waals surface area contributed by atoms with Gasteiger partial charge in [0.2, 0.25) is 0 Å². The third kappa shape index (κ3) is 4.54. The first kappa shape index (κ1) is 13.7. The van der Waals surface area contributed by atoms with Gasteiger partial charge in [0, 0.05) is 6.26 Å². The van der Waals surface area contributed by atoms with Crippen LogP contribution < -0.4 is 5.48 Å². The number of nitrogens with one attached hydrogen (secondary N) is 1. The predicted octanol–water partition coefficient (Wildman–Crippen LogP) is 0.667. The minimum atomic E-state index is -3.39. The maximum absolute atomic E-state index is 11.4. The minimum absolute atomic E-state index is 0.197. The molecule has 0 aliphatic carbocycles. The Balaban J connectivity index is 2.40. The molecule has 1 aromatic carbocycles. The van der Waals surface area contributed by atoms with Crippen molar-refractivity contribution in [3.63, 3.8) is 0 Å². The van der Waals surface area contributed by atoms with Crippen molar-refractivity contribution >= 4 is 15.7 Å². The van der Waals surface area contributed by atoms with E-state index >= 15 is 0 Å². The van der Waals surface area contributed by atoms with E-state index in [1.54, 1.807) is 0 Å². The van der Waals surface area contributed by atoms with E-state index in [0.717, 1.165) is 11.8 Å². The SMILES string of the molecule is C[C@H](C(=O)NOCc1ccccc1)S(C)(=O)=O. The first-order valence-electron chi connectivity index (χ1n) is 5.05. The number of hydroxylamine groups is 1. The molecular formula is C11H15NO4S. The summed E-state index contributed by atoms with van der Waals surface area (Å²) in [5.74, 6) is -0.663. The summed E-state index contributed by atoms with van der Waals surface area (Å²) in [6, 6.07) is 9.24. The van der Waals surface area contributed by atoms with Gasteiger partial charge in [-0.1, -0.05) is 30.3 Å². The van der Waals surface area contributed by atoms with Crippen LogP contribution in [0.1, 0.15) is 12.5 Å². The van der Waals surface area contributed by atoms with Crippen LogP contribution in [0, 0.1) is 0 Å². The largest absolute Gasteiger partial charge is 0.271 e. The Kier molecular flexibility index (Phi) is 4.65. The average Bonchev–Trinajstić information content (AvgIpc) is 2.28. The van der Waals surface area contributed by atoms with Gasteiger partial charge in [0.25, 0.3) is 5.91 Å². The number of benzene rings is 1. The summed E-state index contributed by atoms with van der Waals surface area (Å²) in [6.07, 6.45) is 1.01. The summed E-state index contributed by atoms with van der Waals surface area (Å²) in [6.45, 7) is 1.51. The highest BCUT2D eigenvalue weighted by molar-refractivity contribution is 7.92. The van der Waals surface area contributed by atoms with Crippen LogP contribution in [0.3, 0.4) is 0 Å². The number of hydrogen-bond donors (Lipinski definition) is 1. The minimum Gasteiger partial charge on any atom is -0.271 e. The number of carbonyl (C=O) groups is 1. The lowest BCUT2D eigenvalue weighted by Crippen LogP contribution is -2.37. The monoisotopic (exact) mass is 257 g/mol. The second kappa shape index (κ2) is 5.79. The Morgan fingerprint density at radius 2 is 1.94 bits per heavy atom. The second-order valence-electron chi connectivity index (χ2n) is 3.71. The third-order valence-electron chi connectivity index (χ3n) is 2.27. The maximum Gasteiger partial charge on any atom is 0.261 e. The molecule has 1 rings (SSSR count). The van der Waals surface area contributed by atoms with Gasteiger partial charge >= 0.3 is 0 Å². The molecule has 0 bridgehead atoms. The zero-order valence-electron chi connectivity index (χ0n) is 9.71. The second-order valence-corrected chi connectivity index (χ2v) is 6.08. The van der Waals surface area contributed by atoms with E-state index in [9.17, 15) is 13.2 Å². The molecule has 0 unspecified atom stereocenters. The summed E-state index contributed by atoms with van der Waals surface area (Å²) in [5.41, 5.74) is 3.01. The molecule has 1 N–H and O–H groups in total. The molecule has 0 radical (unpaired) electrons. The molecule has 0 aliphatic heterocycles. The molecule has 1 amide bonds. The fourth-order valence-corrected chi connectivity index (χ4v) is 1.48. The van der Waals surface area contributed by atoms with Crippen molar-refractivity contribution in [3.05, 3.63) is 35.9 Å². The van der Waals surface area contributed by atoms with E-state index in [-0.39, 0.29) is 6.61 Å². The molecule has 0 aromatic heterocycles. The normalized spacial score (nSPS) is 13.1.